The average molecular weight is 194 g/mol. The lowest BCUT2D eigenvalue weighted by Gasteiger charge is -2.41. The molecule has 78 valence electrons. The molecule has 0 radical (unpaired) electrons. The van der Waals surface area contributed by atoms with Crippen LogP contribution >= 0.6 is 0 Å². The molecule has 0 saturated carbocycles. The third kappa shape index (κ3) is 1.65. The number of ether oxygens (including phenoxy) is 1. The third-order valence-electron chi connectivity index (χ3n) is 3.46. The number of hydrogen-bond donors (Lipinski definition) is 0. The van der Waals surface area contributed by atoms with Crippen molar-refractivity contribution >= 4 is 0 Å². The summed E-state index contributed by atoms with van der Waals surface area (Å²) in [5, 5.41) is 9.37. The van der Waals surface area contributed by atoms with Gasteiger partial charge in [0.2, 0.25) is 0 Å². The second kappa shape index (κ2) is 3.88. The summed E-state index contributed by atoms with van der Waals surface area (Å²) >= 11 is 0. The summed E-state index contributed by atoms with van der Waals surface area (Å²) in [5.41, 5.74) is -0.214. The van der Waals surface area contributed by atoms with Gasteiger partial charge in [0, 0.05) is 19.4 Å². The van der Waals surface area contributed by atoms with E-state index < -0.39 is 0 Å². The molecule has 0 bridgehead atoms. The molecule has 2 fully saturated rings. The summed E-state index contributed by atoms with van der Waals surface area (Å²) in [4.78, 5) is 2.37. The zero-order chi connectivity index (χ0) is 10.0. The fourth-order valence-corrected chi connectivity index (χ4v) is 2.67. The molecule has 2 aliphatic heterocycles. The van der Waals surface area contributed by atoms with Gasteiger partial charge in [-0.3, -0.25) is 4.90 Å². The van der Waals surface area contributed by atoms with E-state index in [2.05, 4.69) is 17.9 Å². The highest BCUT2D eigenvalue weighted by molar-refractivity contribution is 5.11. The second-order valence-corrected chi connectivity index (χ2v) is 4.47. The van der Waals surface area contributed by atoms with Crippen molar-refractivity contribution in [3.05, 3.63) is 0 Å². The van der Waals surface area contributed by atoms with Gasteiger partial charge in [-0.1, -0.05) is 0 Å². The van der Waals surface area contributed by atoms with Crippen molar-refractivity contribution < 1.29 is 4.74 Å². The molecule has 2 unspecified atom stereocenters. The molecule has 0 aromatic carbocycles. The maximum Gasteiger partial charge on any atom is 0.113 e. The van der Waals surface area contributed by atoms with Crippen LogP contribution in [0.5, 0.6) is 0 Å². The van der Waals surface area contributed by atoms with Crippen LogP contribution in [0.3, 0.4) is 0 Å². The lowest BCUT2D eigenvalue weighted by atomic mass is 9.87. The van der Waals surface area contributed by atoms with E-state index in [9.17, 15) is 5.26 Å². The number of nitrogens with zero attached hydrogens (tertiary/aromatic N) is 2. The van der Waals surface area contributed by atoms with E-state index in [0.29, 0.717) is 0 Å². The first-order valence-corrected chi connectivity index (χ1v) is 5.55. The summed E-state index contributed by atoms with van der Waals surface area (Å²) < 4.78 is 5.52. The maximum absolute atomic E-state index is 9.37. The van der Waals surface area contributed by atoms with Crippen molar-refractivity contribution in [3.63, 3.8) is 0 Å². The van der Waals surface area contributed by atoms with E-state index in [1.54, 1.807) is 0 Å². The summed E-state index contributed by atoms with van der Waals surface area (Å²) in [5.74, 6) is 0. The predicted molar refractivity (Wildman–Crippen MR) is 53.8 cm³/mol. The SMILES string of the molecule is CC1CC(C#N)(N2CCCC2)CCO1. The van der Waals surface area contributed by atoms with Gasteiger partial charge in [0.15, 0.2) is 0 Å². The second-order valence-electron chi connectivity index (χ2n) is 4.47. The van der Waals surface area contributed by atoms with Crippen LogP contribution in [-0.4, -0.2) is 36.2 Å². The molecule has 2 atom stereocenters. The Bertz CT molecular complexity index is 242. The Morgan fingerprint density at radius 1 is 1.43 bits per heavy atom. The largest absolute Gasteiger partial charge is 0.378 e. The first-order chi connectivity index (χ1) is 6.77. The summed E-state index contributed by atoms with van der Waals surface area (Å²) in [6.07, 6.45) is 4.50. The number of rotatable bonds is 1. The molecule has 0 aromatic rings. The van der Waals surface area contributed by atoms with Crippen LogP contribution in [-0.2, 0) is 4.74 Å². The highest BCUT2D eigenvalue weighted by Crippen LogP contribution is 2.32. The summed E-state index contributed by atoms with van der Waals surface area (Å²) in [6.45, 7) is 5.01. The molecular formula is C11H18N2O. The van der Waals surface area contributed by atoms with Gasteiger partial charge in [-0.15, -0.1) is 0 Å². The quantitative estimate of drug-likeness (QED) is 0.635. The minimum absolute atomic E-state index is 0.214. The first-order valence-electron chi connectivity index (χ1n) is 5.55. The van der Waals surface area contributed by atoms with E-state index in [0.717, 1.165) is 32.5 Å². The number of nitriles is 1. The van der Waals surface area contributed by atoms with Crippen LogP contribution in [0.1, 0.15) is 32.6 Å². The van der Waals surface area contributed by atoms with E-state index in [1.807, 2.05) is 0 Å². The van der Waals surface area contributed by atoms with Crippen molar-refractivity contribution in [2.75, 3.05) is 19.7 Å². The van der Waals surface area contributed by atoms with Gasteiger partial charge in [0.1, 0.15) is 5.54 Å². The van der Waals surface area contributed by atoms with Crippen molar-refractivity contribution in [1.29, 1.82) is 5.26 Å². The van der Waals surface area contributed by atoms with E-state index >= 15 is 0 Å². The van der Waals surface area contributed by atoms with Crippen LogP contribution in [0.4, 0.5) is 0 Å². The molecule has 0 aromatic heterocycles. The minimum Gasteiger partial charge on any atom is -0.378 e. The normalized spacial score (nSPS) is 39.6. The fourth-order valence-electron chi connectivity index (χ4n) is 2.67. The van der Waals surface area contributed by atoms with Crippen LogP contribution in [0.15, 0.2) is 0 Å². The average Bonchev–Trinajstić information content (AvgIpc) is 2.71. The van der Waals surface area contributed by atoms with Crippen molar-refractivity contribution in [2.45, 2.75) is 44.2 Å². The molecular weight excluding hydrogens is 176 g/mol. The molecule has 0 aliphatic carbocycles. The Labute approximate surface area is 85.6 Å². The minimum atomic E-state index is -0.214. The van der Waals surface area contributed by atoms with Crippen molar-refractivity contribution in [2.24, 2.45) is 0 Å². The van der Waals surface area contributed by atoms with E-state index in [1.165, 1.54) is 12.8 Å². The maximum atomic E-state index is 9.37. The lowest BCUT2D eigenvalue weighted by molar-refractivity contribution is -0.0376. The molecule has 14 heavy (non-hydrogen) atoms. The Morgan fingerprint density at radius 3 is 2.71 bits per heavy atom. The van der Waals surface area contributed by atoms with Crippen molar-refractivity contribution in [3.8, 4) is 6.07 Å². The fraction of sp³-hybridized carbons (Fsp3) is 0.909. The molecule has 0 N–H and O–H groups in total. The Hall–Kier alpha value is -0.590. The zero-order valence-electron chi connectivity index (χ0n) is 8.83. The van der Waals surface area contributed by atoms with E-state index in [-0.39, 0.29) is 11.6 Å². The smallest absolute Gasteiger partial charge is 0.113 e. The first kappa shape index (κ1) is 9.95. The Balaban J connectivity index is 2.11. The molecule has 0 amide bonds. The summed E-state index contributed by atoms with van der Waals surface area (Å²) in [7, 11) is 0. The molecule has 2 aliphatic rings. The van der Waals surface area contributed by atoms with Crippen LogP contribution in [0, 0.1) is 11.3 Å². The zero-order valence-corrected chi connectivity index (χ0v) is 8.83. The van der Waals surface area contributed by atoms with Gasteiger partial charge in [-0.05, 0) is 32.9 Å². The molecule has 0 spiro atoms. The van der Waals surface area contributed by atoms with Gasteiger partial charge in [-0.25, -0.2) is 0 Å². The Kier molecular flexibility index (Phi) is 2.76. The van der Waals surface area contributed by atoms with Crippen LogP contribution in [0.2, 0.25) is 0 Å². The third-order valence-corrected chi connectivity index (χ3v) is 3.46. The number of hydrogen-bond acceptors (Lipinski definition) is 3. The molecule has 3 nitrogen and oxygen atoms in total. The highest BCUT2D eigenvalue weighted by atomic mass is 16.5. The monoisotopic (exact) mass is 194 g/mol. The van der Waals surface area contributed by atoms with Gasteiger partial charge >= 0.3 is 0 Å². The van der Waals surface area contributed by atoms with Gasteiger partial charge in [-0.2, -0.15) is 5.26 Å². The predicted octanol–water partition coefficient (Wildman–Crippen LogP) is 1.54. The standard InChI is InChI=1S/C11H18N2O/c1-10-8-11(9-12,4-7-14-10)13-5-2-3-6-13/h10H,2-8H2,1H3. The van der Waals surface area contributed by atoms with Crippen LogP contribution in [0.25, 0.3) is 0 Å². The highest BCUT2D eigenvalue weighted by Gasteiger charge is 2.41. The van der Waals surface area contributed by atoms with Crippen LogP contribution < -0.4 is 0 Å². The van der Waals surface area contributed by atoms with Gasteiger partial charge < -0.3 is 4.74 Å². The molecule has 2 rings (SSSR count). The van der Waals surface area contributed by atoms with Crippen molar-refractivity contribution in [1.82, 2.24) is 4.90 Å². The topological polar surface area (TPSA) is 36.3 Å². The summed E-state index contributed by atoms with van der Waals surface area (Å²) in [6, 6.07) is 2.54. The molecule has 3 heteroatoms. The molecule has 2 heterocycles. The van der Waals surface area contributed by atoms with Gasteiger partial charge in [0.25, 0.3) is 0 Å². The lowest BCUT2D eigenvalue weighted by Crippen LogP contribution is -2.51. The Morgan fingerprint density at radius 2 is 2.14 bits per heavy atom. The molecule has 2 saturated heterocycles. The van der Waals surface area contributed by atoms with E-state index in [4.69, 9.17) is 4.74 Å². The van der Waals surface area contributed by atoms with Gasteiger partial charge in [0.05, 0.1) is 12.2 Å². The number of likely N-dealkylation sites (tertiary alicyclic amines) is 1.